The SMILES string of the molecule is CC(O)COCC(C)OC(C)C. The lowest BCUT2D eigenvalue weighted by Gasteiger charge is -2.16. The summed E-state index contributed by atoms with van der Waals surface area (Å²) in [5.74, 6) is 0. The maximum absolute atomic E-state index is 8.88. The van der Waals surface area contributed by atoms with Gasteiger partial charge in [0.15, 0.2) is 0 Å². The molecule has 0 aromatic rings. The molecular formula is C9H20O3. The Labute approximate surface area is 74.7 Å². The third-order valence-electron chi connectivity index (χ3n) is 1.22. The molecule has 0 saturated heterocycles. The highest BCUT2D eigenvalue weighted by molar-refractivity contribution is 4.51. The molecule has 3 heteroatoms. The van der Waals surface area contributed by atoms with Gasteiger partial charge in [0.25, 0.3) is 0 Å². The first-order valence-electron chi connectivity index (χ1n) is 4.43. The first-order valence-corrected chi connectivity index (χ1v) is 4.43. The summed E-state index contributed by atoms with van der Waals surface area (Å²) >= 11 is 0. The summed E-state index contributed by atoms with van der Waals surface area (Å²) in [6.45, 7) is 8.57. The van der Waals surface area contributed by atoms with Crippen molar-refractivity contribution in [3.63, 3.8) is 0 Å². The maximum Gasteiger partial charge on any atom is 0.0783 e. The summed E-state index contributed by atoms with van der Waals surface area (Å²) in [6, 6.07) is 0. The zero-order valence-electron chi connectivity index (χ0n) is 8.41. The summed E-state index contributed by atoms with van der Waals surface area (Å²) in [6.07, 6.45) is -0.0600. The van der Waals surface area contributed by atoms with E-state index in [2.05, 4.69) is 0 Å². The Morgan fingerprint density at radius 1 is 1.08 bits per heavy atom. The average Bonchev–Trinajstić information content (AvgIpc) is 1.84. The van der Waals surface area contributed by atoms with Gasteiger partial charge >= 0.3 is 0 Å². The van der Waals surface area contributed by atoms with Crippen LogP contribution >= 0.6 is 0 Å². The molecule has 0 saturated carbocycles. The summed E-state index contributed by atoms with van der Waals surface area (Å²) < 4.78 is 10.6. The Bertz CT molecular complexity index is 102. The highest BCUT2D eigenvalue weighted by Crippen LogP contribution is 1.97. The quantitative estimate of drug-likeness (QED) is 0.661. The topological polar surface area (TPSA) is 38.7 Å². The molecule has 0 heterocycles. The molecule has 3 nitrogen and oxygen atoms in total. The van der Waals surface area contributed by atoms with Crippen molar-refractivity contribution >= 4 is 0 Å². The van der Waals surface area contributed by atoms with Crippen LogP contribution < -0.4 is 0 Å². The molecule has 1 N–H and O–H groups in total. The van der Waals surface area contributed by atoms with E-state index in [1.807, 2.05) is 20.8 Å². The molecule has 0 bridgehead atoms. The van der Waals surface area contributed by atoms with Crippen LogP contribution in [0.3, 0.4) is 0 Å². The fourth-order valence-corrected chi connectivity index (χ4v) is 0.908. The first kappa shape index (κ1) is 11.9. The van der Waals surface area contributed by atoms with Gasteiger partial charge in [0.2, 0.25) is 0 Å². The molecule has 0 amide bonds. The zero-order valence-corrected chi connectivity index (χ0v) is 8.41. The van der Waals surface area contributed by atoms with Crippen molar-refractivity contribution < 1.29 is 14.6 Å². The molecule has 0 radical (unpaired) electrons. The van der Waals surface area contributed by atoms with E-state index in [0.29, 0.717) is 13.2 Å². The minimum Gasteiger partial charge on any atom is -0.391 e. The Hall–Kier alpha value is -0.120. The van der Waals surface area contributed by atoms with Crippen LogP contribution in [0.25, 0.3) is 0 Å². The summed E-state index contributed by atoms with van der Waals surface area (Å²) in [4.78, 5) is 0. The fraction of sp³-hybridized carbons (Fsp3) is 1.00. The van der Waals surface area contributed by atoms with E-state index in [4.69, 9.17) is 14.6 Å². The molecule has 2 unspecified atom stereocenters. The lowest BCUT2D eigenvalue weighted by atomic mass is 10.4. The molecular weight excluding hydrogens is 156 g/mol. The smallest absolute Gasteiger partial charge is 0.0783 e. The lowest BCUT2D eigenvalue weighted by molar-refractivity contribution is -0.0492. The number of ether oxygens (including phenoxy) is 2. The van der Waals surface area contributed by atoms with E-state index >= 15 is 0 Å². The van der Waals surface area contributed by atoms with Gasteiger partial charge in [-0.25, -0.2) is 0 Å². The van der Waals surface area contributed by atoms with E-state index < -0.39 is 6.10 Å². The molecule has 74 valence electrons. The van der Waals surface area contributed by atoms with Gasteiger partial charge in [0.1, 0.15) is 0 Å². The van der Waals surface area contributed by atoms with Crippen LogP contribution in [0.2, 0.25) is 0 Å². The second-order valence-electron chi connectivity index (χ2n) is 3.38. The summed E-state index contributed by atoms with van der Waals surface area (Å²) in [5.41, 5.74) is 0. The predicted molar refractivity (Wildman–Crippen MR) is 48.2 cm³/mol. The van der Waals surface area contributed by atoms with Gasteiger partial charge in [-0.3, -0.25) is 0 Å². The fourth-order valence-electron chi connectivity index (χ4n) is 0.908. The van der Waals surface area contributed by atoms with Crippen molar-refractivity contribution in [2.45, 2.75) is 46.0 Å². The van der Waals surface area contributed by atoms with E-state index in [9.17, 15) is 0 Å². The highest BCUT2D eigenvalue weighted by atomic mass is 16.5. The number of aliphatic hydroxyl groups is 1. The molecule has 0 aliphatic rings. The van der Waals surface area contributed by atoms with Gasteiger partial charge in [-0.1, -0.05) is 0 Å². The van der Waals surface area contributed by atoms with Crippen molar-refractivity contribution in [1.29, 1.82) is 0 Å². The van der Waals surface area contributed by atoms with Crippen molar-refractivity contribution in [2.75, 3.05) is 13.2 Å². The number of aliphatic hydroxyl groups excluding tert-OH is 1. The molecule has 0 aliphatic heterocycles. The standard InChI is InChI=1S/C9H20O3/c1-7(2)12-9(4)6-11-5-8(3)10/h7-10H,5-6H2,1-4H3. The average molecular weight is 176 g/mol. The number of hydrogen-bond acceptors (Lipinski definition) is 3. The van der Waals surface area contributed by atoms with Crippen molar-refractivity contribution in [3.05, 3.63) is 0 Å². The molecule has 0 aliphatic carbocycles. The molecule has 0 fully saturated rings. The number of rotatable bonds is 6. The van der Waals surface area contributed by atoms with Gasteiger partial charge in [0, 0.05) is 0 Å². The minimum absolute atomic E-state index is 0.101. The van der Waals surface area contributed by atoms with Crippen LogP contribution in [0.15, 0.2) is 0 Å². The number of hydrogen-bond donors (Lipinski definition) is 1. The Morgan fingerprint density at radius 3 is 2.08 bits per heavy atom. The Balaban J connectivity index is 3.25. The van der Waals surface area contributed by atoms with Gasteiger partial charge in [0.05, 0.1) is 31.5 Å². The van der Waals surface area contributed by atoms with Crippen LogP contribution in [-0.2, 0) is 9.47 Å². The second-order valence-corrected chi connectivity index (χ2v) is 3.38. The normalized spacial score (nSPS) is 16.5. The molecule has 0 aromatic carbocycles. The predicted octanol–water partition coefficient (Wildman–Crippen LogP) is 1.20. The first-order chi connectivity index (χ1) is 5.52. The van der Waals surface area contributed by atoms with Gasteiger partial charge in [-0.2, -0.15) is 0 Å². The Kier molecular flexibility index (Phi) is 6.34. The van der Waals surface area contributed by atoms with Gasteiger partial charge in [-0.05, 0) is 27.7 Å². The van der Waals surface area contributed by atoms with Crippen molar-refractivity contribution in [1.82, 2.24) is 0 Å². The van der Waals surface area contributed by atoms with Crippen LogP contribution in [-0.4, -0.2) is 36.6 Å². The van der Waals surface area contributed by atoms with Crippen molar-refractivity contribution in [3.8, 4) is 0 Å². The highest BCUT2D eigenvalue weighted by Gasteiger charge is 2.05. The van der Waals surface area contributed by atoms with Crippen LogP contribution in [0.4, 0.5) is 0 Å². The van der Waals surface area contributed by atoms with E-state index in [0.717, 1.165) is 0 Å². The van der Waals surface area contributed by atoms with Crippen LogP contribution in [0.1, 0.15) is 27.7 Å². The van der Waals surface area contributed by atoms with Crippen LogP contribution in [0, 0.1) is 0 Å². The minimum atomic E-state index is -0.392. The monoisotopic (exact) mass is 176 g/mol. The summed E-state index contributed by atoms with van der Waals surface area (Å²) in [7, 11) is 0. The van der Waals surface area contributed by atoms with E-state index in [1.165, 1.54) is 0 Å². The third-order valence-corrected chi connectivity index (χ3v) is 1.22. The van der Waals surface area contributed by atoms with E-state index in [-0.39, 0.29) is 12.2 Å². The maximum atomic E-state index is 8.88. The molecule has 0 rings (SSSR count). The van der Waals surface area contributed by atoms with Crippen molar-refractivity contribution in [2.24, 2.45) is 0 Å². The Morgan fingerprint density at radius 2 is 1.67 bits per heavy atom. The molecule has 0 spiro atoms. The molecule has 0 aromatic heterocycles. The van der Waals surface area contributed by atoms with Gasteiger partial charge < -0.3 is 14.6 Å². The molecule has 12 heavy (non-hydrogen) atoms. The molecule has 2 atom stereocenters. The van der Waals surface area contributed by atoms with E-state index in [1.54, 1.807) is 6.92 Å². The third kappa shape index (κ3) is 7.98. The lowest BCUT2D eigenvalue weighted by Crippen LogP contribution is -2.22. The van der Waals surface area contributed by atoms with Gasteiger partial charge in [-0.15, -0.1) is 0 Å². The summed E-state index contributed by atoms with van der Waals surface area (Å²) in [5, 5.41) is 8.88. The largest absolute Gasteiger partial charge is 0.391 e. The van der Waals surface area contributed by atoms with Crippen LogP contribution in [0.5, 0.6) is 0 Å². The zero-order chi connectivity index (χ0) is 9.56. The second kappa shape index (κ2) is 6.40.